The minimum absolute atomic E-state index is 0.0124. The number of sulfone groups is 4. The molecule has 776 valence electrons. The number of pyridine rings is 4. The number of amides is 2. The van der Waals surface area contributed by atoms with Crippen molar-refractivity contribution in [1.29, 1.82) is 0 Å². The van der Waals surface area contributed by atoms with Crippen LogP contribution in [0.25, 0.3) is 0 Å². The van der Waals surface area contributed by atoms with Crippen LogP contribution in [0.3, 0.4) is 0 Å². The third-order valence-corrected chi connectivity index (χ3v) is 35.5. The van der Waals surface area contributed by atoms with Gasteiger partial charge in [0, 0.05) is 95.8 Å². The molecule has 40 heteroatoms. The van der Waals surface area contributed by atoms with E-state index in [-0.39, 0.29) is 147 Å². The molecule has 0 unspecified atom stereocenters. The van der Waals surface area contributed by atoms with E-state index in [4.69, 9.17) is 4.74 Å². The van der Waals surface area contributed by atoms with Gasteiger partial charge in [-0.15, -0.1) is 0 Å². The summed E-state index contributed by atoms with van der Waals surface area (Å²) in [6.45, 7) is 32.6. The number of rotatable bonds is 25. The molecule has 8 aromatic rings. The molecule has 8 aliphatic heterocycles. The largest absolute Gasteiger partial charge is 0.490 e. The van der Waals surface area contributed by atoms with Crippen LogP contribution < -0.4 is 33.8 Å². The van der Waals surface area contributed by atoms with Gasteiger partial charge in [0.15, 0.2) is 34.7 Å². The number of halogens is 11. The Morgan fingerprint density at radius 2 is 0.736 bits per heavy atom. The van der Waals surface area contributed by atoms with Crippen LogP contribution >= 0.6 is 0 Å². The van der Waals surface area contributed by atoms with E-state index < -0.39 is 143 Å². The van der Waals surface area contributed by atoms with Gasteiger partial charge in [0.25, 0.3) is 0 Å². The van der Waals surface area contributed by atoms with Crippen molar-refractivity contribution in [1.82, 2.24) is 19.9 Å². The smallest absolute Gasteiger partial charge is 0.461 e. The molecule has 4 aromatic carbocycles. The van der Waals surface area contributed by atoms with Gasteiger partial charge in [0.1, 0.15) is 104 Å². The van der Waals surface area contributed by atoms with Crippen molar-refractivity contribution in [2.75, 3.05) is 72.2 Å². The Kier molecular flexibility index (Phi) is 30.1. The third-order valence-electron chi connectivity index (χ3n) is 28.9. The summed E-state index contributed by atoms with van der Waals surface area (Å²) in [5.74, 6) is -4.25. The lowest BCUT2D eigenvalue weighted by atomic mass is 9.77. The molecular formula is C104H117F11N8O17S4. The van der Waals surface area contributed by atoms with Crippen LogP contribution in [-0.4, -0.2) is 166 Å². The Morgan fingerprint density at radius 1 is 0.403 bits per heavy atom. The molecule has 0 radical (unpaired) electrons. The van der Waals surface area contributed by atoms with Crippen LogP contribution in [-0.2, 0) is 76.3 Å². The van der Waals surface area contributed by atoms with Gasteiger partial charge in [-0.3, -0.25) is 48.4 Å². The maximum Gasteiger partial charge on any atom is 0.461 e. The second-order valence-corrected chi connectivity index (χ2v) is 52.4. The van der Waals surface area contributed by atoms with Crippen LogP contribution in [0.15, 0.2) is 152 Å². The molecule has 0 aliphatic carbocycles. The first kappa shape index (κ1) is 110. The molecule has 25 nitrogen and oxygen atoms in total. The second-order valence-electron chi connectivity index (χ2n) is 43.2. The van der Waals surface area contributed by atoms with E-state index in [0.29, 0.717) is 137 Å². The van der Waals surface area contributed by atoms with Crippen molar-refractivity contribution < 1.29 is 125 Å². The highest BCUT2D eigenvalue weighted by atomic mass is 32.2. The average Bonchev–Trinajstić information content (AvgIpc) is 1.56. The highest BCUT2D eigenvalue weighted by Gasteiger charge is 2.52. The zero-order valence-electron chi connectivity index (χ0n) is 82.9. The minimum Gasteiger partial charge on any atom is -0.490 e. The van der Waals surface area contributed by atoms with Crippen molar-refractivity contribution in [3.63, 3.8) is 0 Å². The predicted octanol–water partition coefficient (Wildman–Crippen LogP) is 21.9. The van der Waals surface area contributed by atoms with Crippen molar-refractivity contribution in [2.24, 2.45) is 21.7 Å². The van der Waals surface area contributed by atoms with Gasteiger partial charge in [-0.2, -0.15) is 26.3 Å². The quantitative estimate of drug-likeness (QED) is 0.0379. The molecule has 0 bridgehead atoms. The fraction of sp³-hybridized carbons (Fsp3) is 0.481. The Morgan fingerprint density at radius 3 is 1.14 bits per heavy atom. The summed E-state index contributed by atoms with van der Waals surface area (Å²) in [6, 6.07) is 25.1. The molecule has 0 atom stereocenters. The number of nitrogens with zero attached hydrogens (tertiary/aromatic N) is 8. The highest BCUT2D eigenvalue weighted by molar-refractivity contribution is 7.92. The predicted molar refractivity (Wildman–Crippen MR) is 524 cm³/mol. The molecule has 16 rings (SSSR count). The second kappa shape index (κ2) is 39.4. The monoisotopic (exact) mass is 2090 g/mol. The van der Waals surface area contributed by atoms with E-state index in [1.807, 2.05) is 55.4 Å². The molecule has 0 saturated carbocycles. The number of anilines is 8. The number of ketones is 4. The molecule has 4 saturated heterocycles. The summed E-state index contributed by atoms with van der Waals surface area (Å²) in [7, 11) is -12.3. The molecular weight excluding hydrogens is 1970 g/mol. The number of Topliss-reactive ketones (excluding diaryl/α,β-unsaturated/α-hetero) is 4. The fourth-order valence-corrected chi connectivity index (χ4v) is 26.2. The van der Waals surface area contributed by atoms with Gasteiger partial charge in [-0.1, -0.05) is 68.5 Å². The van der Waals surface area contributed by atoms with Crippen LogP contribution in [0, 0.1) is 39.1 Å². The van der Waals surface area contributed by atoms with Crippen molar-refractivity contribution in [3.8, 4) is 17.2 Å². The minimum atomic E-state index is -4.91. The standard InChI is InChI=1S/C27H32F2N2O5S.C26H27F5N2O4S.C26H31FN2O4S.C25H27F3N2O4S/c1-25(2,29)16-36-17-6-9-30-23(12-17)31-21-14-20(28)18(13-19(21)26(3,4)24(31)33)22(32)15-27(5)7-10-37(34,35)11-8-27;1-15-24(2,3)17-11-16(20(34)13-25(4)7-9-38(35,36)10-8-25)5-6-19(17)33(15)22-12-21(18(27)14-32-22)37-26(30,31)23(28)29;1-24(2)19-14-17(21(30)16-26(5)9-12-34(32,33)13-10-26)6-7-20(19)29(23(24)31)22-15-18(8-11-28-22)25(3,4)27;1-15-24(2,3)18-12-17(21(31)14-25(4)6-9-35(32,33)10-7-25)19(26)13-20(18)30(15)22-11-16(5-8-29-22)34-23(27)28/h6,9,12-14H,7-8,10-11,15-16H2,1-5H3;5-6,11-12,14,23H,1,7-10,13H2,2-4H3;6-8,11,14-15H,9-10,12-13,16H2,1-5H3;5,8,11-13,23H,1,6-7,9-10,14H2,2-4H3. The highest BCUT2D eigenvalue weighted by Crippen LogP contribution is 2.56. The number of alkyl halides is 8. The van der Waals surface area contributed by atoms with E-state index in [2.05, 4.69) is 42.6 Å². The lowest BCUT2D eigenvalue weighted by molar-refractivity contribution is -0.254. The normalized spacial score (nSPS) is 20.2. The van der Waals surface area contributed by atoms with E-state index in [1.54, 1.807) is 87.2 Å². The first-order valence-electron chi connectivity index (χ1n) is 46.8. The lowest BCUT2D eigenvalue weighted by Gasteiger charge is -2.32. The van der Waals surface area contributed by atoms with Gasteiger partial charge in [-0.25, -0.2) is 75.6 Å². The molecule has 144 heavy (non-hydrogen) atoms. The number of fused-ring (bicyclic) bond motifs is 4. The van der Waals surface area contributed by atoms with Gasteiger partial charge in [0.05, 0.1) is 96.9 Å². The topological polar surface area (TPSA) is 331 Å². The number of ether oxygens (including phenoxy) is 3. The van der Waals surface area contributed by atoms with E-state index in [9.17, 15) is 102 Å². The lowest BCUT2D eigenvalue weighted by Crippen LogP contribution is -2.34. The summed E-state index contributed by atoms with van der Waals surface area (Å²) < 4.78 is 259. The first-order chi connectivity index (χ1) is 66.3. The zero-order valence-corrected chi connectivity index (χ0v) is 86.1. The molecule has 4 aromatic heterocycles. The zero-order chi connectivity index (χ0) is 107. The molecule has 0 N–H and O–H groups in total. The number of carbonyl (C=O) groups excluding carboxylic acids is 6. The maximum atomic E-state index is 15.4. The Bertz CT molecular complexity index is 6950. The number of carbonyl (C=O) groups is 6. The summed E-state index contributed by atoms with van der Waals surface area (Å²) in [5, 5.41) is 0. The van der Waals surface area contributed by atoms with Crippen LogP contribution in [0.1, 0.15) is 257 Å². The Labute approximate surface area is 831 Å². The Hall–Kier alpha value is -11.4. The van der Waals surface area contributed by atoms with Gasteiger partial charge >= 0.3 is 19.1 Å². The summed E-state index contributed by atoms with van der Waals surface area (Å²) in [5.41, 5.74) is -2.02. The van der Waals surface area contributed by atoms with Gasteiger partial charge < -0.3 is 14.2 Å². The van der Waals surface area contributed by atoms with E-state index in [1.165, 1.54) is 103 Å². The fourth-order valence-electron chi connectivity index (χ4n) is 18.9. The maximum absolute atomic E-state index is 15.4. The summed E-state index contributed by atoms with van der Waals surface area (Å²) in [6.07, 6.45) is -0.654. The van der Waals surface area contributed by atoms with Crippen LogP contribution in [0.2, 0.25) is 0 Å². The molecule has 2 amide bonds. The van der Waals surface area contributed by atoms with Gasteiger partial charge in [0.2, 0.25) is 11.8 Å². The molecule has 12 heterocycles. The third kappa shape index (κ3) is 23.6. The Balaban J connectivity index is 0.000000161. The van der Waals surface area contributed by atoms with E-state index >= 15 is 8.78 Å². The average molecular weight is 2090 g/mol. The van der Waals surface area contributed by atoms with Crippen LogP contribution in [0.5, 0.6) is 17.2 Å². The molecule has 0 spiro atoms. The number of hydrogen-bond acceptors (Lipinski definition) is 23. The number of hydrogen-bond donors (Lipinski definition) is 0. The SMILES string of the molecule is C=C1N(c2cc(OC(F)(F)C(F)F)c(F)cn2)c2ccc(C(=O)CC3(C)CCS(=O)(=O)CC3)cc2C1(C)C.C=C1N(c2cc(OC(F)F)ccn2)c2cc(F)c(C(=O)CC3(C)CCS(=O)(=O)CC3)cc2C1(C)C.CC(C)(F)COc1ccnc(N2C(=O)C(C)(C)c3cc(C(=O)CC4(C)CCS(=O)(=O)CC4)c(F)cc32)c1.CC1(CC(=O)c2ccc3c(c2)C(C)(C)C(=O)N3c2cc(C(C)(C)F)ccn2)CCS(=O)(=O)CC1. The number of benzene rings is 4. The van der Waals surface area contributed by atoms with Gasteiger partial charge in [-0.05, 0) is 241 Å². The molecule has 4 fully saturated rings. The number of aromatic nitrogens is 4. The summed E-state index contributed by atoms with van der Waals surface area (Å²) in [4.78, 5) is 102. The van der Waals surface area contributed by atoms with Crippen molar-refractivity contribution >= 4 is 120 Å². The van der Waals surface area contributed by atoms with Crippen molar-refractivity contribution in [3.05, 3.63) is 220 Å². The van der Waals surface area contributed by atoms with E-state index in [0.717, 1.165) is 6.07 Å². The van der Waals surface area contributed by atoms with Crippen LogP contribution in [0.4, 0.5) is 94.3 Å². The molecule has 8 aliphatic rings. The first-order valence-corrected chi connectivity index (χ1v) is 54.1. The summed E-state index contributed by atoms with van der Waals surface area (Å²) >= 11 is 0. The van der Waals surface area contributed by atoms with Crippen molar-refractivity contribution in [2.45, 2.75) is 240 Å². The number of allylic oxidation sites excluding steroid dienone is 2.